The summed E-state index contributed by atoms with van der Waals surface area (Å²) >= 11 is 0. The first kappa shape index (κ1) is 11.3. The van der Waals surface area contributed by atoms with Crippen LogP contribution < -0.4 is 5.32 Å². The van der Waals surface area contributed by atoms with Crippen LogP contribution in [0.5, 0.6) is 0 Å². The van der Waals surface area contributed by atoms with E-state index in [4.69, 9.17) is 5.11 Å². The fourth-order valence-corrected chi connectivity index (χ4v) is 1.84. The summed E-state index contributed by atoms with van der Waals surface area (Å²) in [5.74, 6) is 0. The second-order valence-corrected chi connectivity index (χ2v) is 4.62. The average Bonchev–Trinajstić information content (AvgIpc) is 2.32. The van der Waals surface area contributed by atoms with Crippen molar-refractivity contribution >= 4 is 6.09 Å². The van der Waals surface area contributed by atoms with Crippen LogP contribution in [-0.4, -0.2) is 52.0 Å². The van der Waals surface area contributed by atoms with Crippen LogP contribution in [-0.2, 0) is 0 Å². The molecular weight excluding hydrogens is 184 g/mol. The molecule has 5 heteroatoms. The molecular formula is C9H18N2O3. The van der Waals surface area contributed by atoms with Crippen molar-refractivity contribution in [1.82, 2.24) is 10.2 Å². The van der Waals surface area contributed by atoms with Gasteiger partial charge < -0.3 is 15.5 Å². The number of amides is 1. The van der Waals surface area contributed by atoms with Gasteiger partial charge in [0.15, 0.2) is 0 Å². The minimum atomic E-state index is -0.981. The van der Waals surface area contributed by atoms with E-state index in [9.17, 15) is 9.90 Å². The van der Waals surface area contributed by atoms with Crippen LogP contribution in [0.2, 0.25) is 0 Å². The van der Waals surface area contributed by atoms with E-state index in [-0.39, 0.29) is 6.04 Å². The molecule has 14 heavy (non-hydrogen) atoms. The molecule has 5 nitrogen and oxygen atoms in total. The number of rotatable bonds is 1. The zero-order chi connectivity index (χ0) is 10.9. The van der Waals surface area contributed by atoms with Crippen LogP contribution in [0.3, 0.4) is 0 Å². The number of β-amino-alcohol motifs (C(OH)–C–C–N with tert-alkyl or cyclic N) is 1. The Morgan fingerprint density at radius 1 is 1.43 bits per heavy atom. The maximum atomic E-state index is 11.1. The highest BCUT2D eigenvalue weighted by Crippen LogP contribution is 2.21. The molecule has 0 aromatic heterocycles. The predicted octanol–water partition coefficient (Wildman–Crippen LogP) is 0.0976. The fraction of sp³-hybridized carbons (Fsp3) is 0.889. The van der Waals surface area contributed by atoms with Gasteiger partial charge >= 0.3 is 6.09 Å². The van der Waals surface area contributed by atoms with Crippen LogP contribution >= 0.6 is 0 Å². The summed E-state index contributed by atoms with van der Waals surface area (Å²) < 4.78 is 0. The van der Waals surface area contributed by atoms with Gasteiger partial charge in [-0.05, 0) is 20.8 Å². The van der Waals surface area contributed by atoms with Gasteiger partial charge in [-0.15, -0.1) is 0 Å². The molecule has 0 radical (unpaired) electrons. The number of carboxylic acid groups (broad SMARTS) is 1. The standard InChI is InChI=1S/C9H18N2O3/c1-9(2,3)11(8(13)14)6-4-10-5-7(6)12/h6-7,10,12H,4-5H2,1-3H3,(H,13,14)/t6-,7+/m1/s1. The largest absolute Gasteiger partial charge is 0.465 e. The minimum absolute atomic E-state index is 0.340. The topological polar surface area (TPSA) is 72.8 Å². The lowest BCUT2D eigenvalue weighted by Crippen LogP contribution is -2.55. The van der Waals surface area contributed by atoms with Gasteiger partial charge in [-0.3, -0.25) is 4.90 Å². The van der Waals surface area contributed by atoms with Crippen LogP contribution in [0.4, 0.5) is 4.79 Å². The lowest BCUT2D eigenvalue weighted by atomic mass is 10.0. The van der Waals surface area contributed by atoms with Crippen molar-refractivity contribution in [2.24, 2.45) is 0 Å². The highest BCUT2D eigenvalue weighted by atomic mass is 16.4. The van der Waals surface area contributed by atoms with E-state index in [0.29, 0.717) is 13.1 Å². The van der Waals surface area contributed by atoms with Gasteiger partial charge in [0, 0.05) is 18.6 Å². The molecule has 0 aromatic rings. The van der Waals surface area contributed by atoms with Crippen molar-refractivity contribution in [2.45, 2.75) is 38.5 Å². The second kappa shape index (κ2) is 3.74. The van der Waals surface area contributed by atoms with Gasteiger partial charge in [-0.1, -0.05) is 0 Å². The molecule has 1 aliphatic heterocycles. The van der Waals surface area contributed by atoms with E-state index in [2.05, 4.69) is 5.32 Å². The molecule has 0 saturated carbocycles. The maximum Gasteiger partial charge on any atom is 0.408 e. The third kappa shape index (κ3) is 2.16. The molecule has 1 heterocycles. The number of nitrogens with one attached hydrogen (secondary N) is 1. The summed E-state index contributed by atoms with van der Waals surface area (Å²) in [6.45, 7) is 6.46. The fourth-order valence-electron chi connectivity index (χ4n) is 1.84. The molecule has 1 aliphatic rings. The number of carbonyl (C=O) groups is 1. The zero-order valence-corrected chi connectivity index (χ0v) is 8.82. The lowest BCUT2D eigenvalue weighted by Gasteiger charge is -2.38. The number of aliphatic hydroxyl groups is 1. The first-order valence-corrected chi connectivity index (χ1v) is 4.75. The van der Waals surface area contributed by atoms with Gasteiger partial charge in [-0.25, -0.2) is 4.79 Å². The summed E-state index contributed by atoms with van der Waals surface area (Å²) in [6.07, 6.45) is -1.59. The van der Waals surface area contributed by atoms with E-state index in [0.717, 1.165) is 0 Å². The Morgan fingerprint density at radius 3 is 2.29 bits per heavy atom. The van der Waals surface area contributed by atoms with Crippen LogP contribution in [0.15, 0.2) is 0 Å². The highest BCUT2D eigenvalue weighted by Gasteiger charge is 2.39. The molecule has 0 aliphatic carbocycles. The molecule has 0 bridgehead atoms. The molecule has 1 fully saturated rings. The van der Waals surface area contributed by atoms with Gasteiger partial charge in [-0.2, -0.15) is 0 Å². The Morgan fingerprint density at radius 2 is 2.00 bits per heavy atom. The highest BCUT2D eigenvalue weighted by molar-refractivity contribution is 5.66. The summed E-state index contributed by atoms with van der Waals surface area (Å²) in [5.41, 5.74) is -0.483. The first-order chi connectivity index (χ1) is 6.34. The smallest absolute Gasteiger partial charge is 0.408 e. The molecule has 0 spiro atoms. The zero-order valence-electron chi connectivity index (χ0n) is 8.82. The lowest BCUT2D eigenvalue weighted by molar-refractivity contribution is 0.0298. The van der Waals surface area contributed by atoms with Crippen LogP contribution in [0.1, 0.15) is 20.8 Å². The van der Waals surface area contributed by atoms with Crippen molar-refractivity contribution in [3.05, 3.63) is 0 Å². The molecule has 1 amide bonds. The van der Waals surface area contributed by atoms with E-state index in [1.165, 1.54) is 4.90 Å². The monoisotopic (exact) mass is 202 g/mol. The molecule has 3 N–H and O–H groups in total. The molecule has 0 unspecified atom stereocenters. The summed E-state index contributed by atoms with van der Waals surface area (Å²) in [4.78, 5) is 12.4. The number of hydrogen-bond acceptors (Lipinski definition) is 3. The Balaban J connectivity index is 2.83. The average molecular weight is 202 g/mol. The number of hydrogen-bond donors (Lipinski definition) is 3. The van der Waals surface area contributed by atoms with Crippen molar-refractivity contribution < 1.29 is 15.0 Å². The Hall–Kier alpha value is -0.810. The molecule has 2 atom stereocenters. The number of aliphatic hydroxyl groups excluding tert-OH is 1. The quantitative estimate of drug-likeness (QED) is 0.564. The van der Waals surface area contributed by atoms with E-state index < -0.39 is 17.7 Å². The van der Waals surface area contributed by atoms with Crippen LogP contribution in [0, 0.1) is 0 Å². The maximum absolute atomic E-state index is 11.1. The van der Waals surface area contributed by atoms with Crippen molar-refractivity contribution in [3.63, 3.8) is 0 Å². The first-order valence-electron chi connectivity index (χ1n) is 4.75. The van der Waals surface area contributed by atoms with Crippen molar-refractivity contribution in [1.29, 1.82) is 0 Å². The second-order valence-electron chi connectivity index (χ2n) is 4.62. The molecule has 82 valence electrons. The van der Waals surface area contributed by atoms with E-state index in [1.807, 2.05) is 20.8 Å². The summed E-state index contributed by atoms with van der Waals surface area (Å²) in [5, 5.41) is 21.7. The normalized spacial score (nSPS) is 27.7. The molecule has 1 rings (SSSR count). The van der Waals surface area contributed by atoms with Gasteiger partial charge in [0.1, 0.15) is 0 Å². The van der Waals surface area contributed by atoms with Crippen molar-refractivity contribution in [3.8, 4) is 0 Å². The van der Waals surface area contributed by atoms with E-state index >= 15 is 0 Å². The van der Waals surface area contributed by atoms with Crippen LogP contribution in [0.25, 0.3) is 0 Å². The minimum Gasteiger partial charge on any atom is -0.465 e. The third-order valence-electron chi connectivity index (χ3n) is 2.41. The summed E-state index contributed by atoms with van der Waals surface area (Å²) in [7, 11) is 0. The van der Waals surface area contributed by atoms with E-state index in [1.54, 1.807) is 0 Å². The Bertz CT molecular complexity index is 225. The van der Waals surface area contributed by atoms with Gasteiger partial charge in [0.2, 0.25) is 0 Å². The number of nitrogens with zero attached hydrogens (tertiary/aromatic N) is 1. The molecule has 0 aromatic carbocycles. The third-order valence-corrected chi connectivity index (χ3v) is 2.41. The van der Waals surface area contributed by atoms with Crippen molar-refractivity contribution in [2.75, 3.05) is 13.1 Å². The van der Waals surface area contributed by atoms with Gasteiger partial charge in [0.05, 0.1) is 12.1 Å². The Labute approximate surface area is 83.7 Å². The molecule has 1 saturated heterocycles. The predicted molar refractivity (Wildman–Crippen MR) is 52.3 cm³/mol. The summed E-state index contributed by atoms with van der Waals surface area (Å²) in [6, 6.07) is -0.340. The Kier molecular flexibility index (Phi) is 3.01. The van der Waals surface area contributed by atoms with Gasteiger partial charge in [0.25, 0.3) is 0 Å². The SMILES string of the molecule is CC(C)(C)N(C(=O)O)[C@@H]1CNC[C@@H]1O.